The van der Waals surface area contributed by atoms with Gasteiger partial charge in [0.15, 0.2) is 0 Å². The summed E-state index contributed by atoms with van der Waals surface area (Å²) in [4.78, 5) is 15.8. The molecule has 58 valence electrons. The summed E-state index contributed by atoms with van der Waals surface area (Å²) >= 11 is 0. The highest BCUT2D eigenvalue weighted by Crippen LogP contribution is 2.34. The van der Waals surface area contributed by atoms with Gasteiger partial charge in [0.25, 0.3) is 0 Å². The van der Waals surface area contributed by atoms with E-state index in [4.69, 9.17) is 9.79 Å². The maximum absolute atomic E-state index is 9.70. The molecule has 6 N–H and O–H groups in total. The second kappa shape index (κ2) is 6.15. The first kappa shape index (κ1) is 11.8. The Bertz CT molecular complexity index is 90.6. The van der Waals surface area contributed by atoms with Gasteiger partial charge in [-0.2, -0.15) is 0 Å². The predicted molar refractivity (Wildman–Crippen MR) is 32.0 cm³/mol. The van der Waals surface area contributed by atoms with E-state index in [2.05, 4.69) is 16.2 Å². The molecule has 6 nitrogen and oxygen atoms in total. The van der Waals surface area contributed by atoms with Crippen LogP contribution in [0.5, 0.6) is 0 Å². The predicted octanol–water partition coefficient (Wildman–Crippen LogP) is -1.07. The van der Waals surface area contributed by atoms with Crippen LogP contribution in [-0.2, 0) is 9.09 Å². The molecule has 0 spiro atoms. The molecular weight excluding hydrogens is 147 g/mol. The molecule has 0 aliphatic carbocycles. The average Bonchev–Trinajstić information content (AvgIpc) is 1.69. The topological polar surface area (TPSA) is 119 Å². The van der Waals surface area contributed by atoms with Crippen molar-refractivity contribution in [2.75, 3.05) is 6.61 Å². The summed E-state index contributed by atoms with van der Waals surface area (Å²) in [6, 6.07) is 0. The number of nitrogens with two attached hydrogens (primary N) is 2. The van der Waals surface area contributed by atoms with Gasteiger partial charge >= 0.3 is 7.82 Å². The van der Waals surface area contributed by atoms with Crippen molar-refractivity contribution in [3.8, 4) is 0 Å². The van der Waals surface area contributed by atoms with Crippen molar-refractivity contribution in [2.24, 2.45) is 11.7 Å². The summed E-state index contributed by atoms with van der Waals surface area (Å²) in [6.45, 7) is 1.56. The molecule has 0 fully saturated rings. The van der Waals surface area contributed by atoms with Gasteiger partial charge in [-0.25, -0.2) is 4.57 Å². The molecule has 0 aromatic heterocycles. The zero-order chi connectivity index (χ0) is 7.91. The van der Waals surface area contributed by atoms with Gasteiger partial charge < -0.3 is 9.79 Å². The summed E-state index contributed by atoms with van der Waals surface area (Å²) in [5.74, 6) is 8.00. The molecule has 0 aromatic carbocycles. The van der Waals surface area contributed by atoms with Crippen molar-refractivity contribution < 1.29 is 18.9 Å². The van der Waals surface area contributed by atoms with Crippen LogP contribution in [0.2, 0.25) is 0 Å². The fourth-order valence-electron chi connectivity index (χ4n) is 0.168. The van der Waals surface area contributed by atoms with Crippen LogP contribution in [-0.4, -0.2) is 16.4 Å². The first-order chi connectivity index (χ1) is 4.06. The Hall–Kier alpha value is 0.0300. The second-order valence-electron chi connectivity index (χ2n) is 0.908. The van der Waals surface area contributed by atoms with Gasteiger partial charge in [-0.3, -0.25) is 16.2 Å². The Balaban J connectivity index is 0. The van der Waals surface area contributed by atoms with Crippen molar-refractivity contribution in [2.45, 2.75) is 6.92 Å². The first-order valence-corrected chi connectivity index (χ1v) is 3.62. The normalized spacial score (nSPS) is 9.89. The van der Waals surface area contributed by atoms with E-state index in [-0.39, 0.29) is 6.61 Å². The lowest BCUT2D eigenvalue weighted by atomic mass is 10.9. The minimum atomic E-state index is -4.17. The molecule has 0 aliphatic heterocycles. The molecule has 9 heavy (non-hydrogen) atoms. The minimum absolute atomic E-state index is 0.0459. The minimum Gasteiger partial charge on any atom is -0.303 e. The molecule has 0 aliphatic rings. The Labute approximate surface area is 53.0 Å². The number of hydrogen-bond acceptors (Lipinski definition) is 4. The number of phosphoric acid groups is 1. The third-order valence-corrected chi connectivity index (χ3v) is 0.892. The Morgan fingerprint density at radius 1 is 1.56 bits per heavy atom. The van der Waals surface area contributed by atoms with E-state index >= 15 is 0 Å². The van der Waals surface area contributed by atoms with Gasteiger partial charge in [0.05, 0.1) is 6.61 Å². The van der Waals surface area contributed by atoms with Crippen molar-refractivity contribution >= 4 is 7.82 Å². The van der Waals surface area contributed by atoms with Crippen LogP contribution < -0.4 is 11.7 Å². The lowest BCUT2D eigenvalue weighted by Crippen LogP contribution is -2.02. The highest BCUT2D eigenvalue weighted by molar-refractivity contribution is 7.46. The van der Waals surface area contributed by atoms with Crippen LogP contribution in [0.3, 0.4) is 0 Å². The van der Waals surface area contributed by atoms with E-state index in [1.54, 1.807) is 0 Å². The van der Waals surface area contributed by atoms with Crippen molar-refractivity contribution in [3.63, 3.8) is 0 Å². The third-order valence-electron chi connectivity index (χ3n) is 0.297. The van der Waals surface area contributed by atoms with E-state index in [9.17, 15) is 4.57 Å². The van der Waals surface area contributed by atoms with Crippen LogP contribution in [0.4, 0.5) is 0 Å². The molecule has 0 unspecified atom stereocenters. The van der Waals surface area contributed by atoms with Crippen LogP contribution in [0, 0.1) is 0 Å². The Morgan fingerprint density at radius 3 is 1.89 bits per heavy atom. The number of phosphoric ester groups is 1. The number of hydrazine groups is 1. The Kier molecular flexibility index (Phi) is 8.06. The summed E-state index contributed by atoms with van der Waals surface area (Å²) in [6.07, 6.45) is 0. The first-order valence-electron chi connectivity index (χ1n) is 2.09. The van der Waals surface area contributed by atoms with E-state index in [0.717, 1.165) is 0 Å². The zero-order valence-corrected chi connectivity index (χ0v) is 5.91. The molecular formula is C2H11N2O4P. The van der Waals surface area contributed by atoms with Gasteiger partial charge in [0.2, 0.25) is 0 Å². The molecule has 0 heterocycles. The number of hydrogen-bond donors (Lipinski definition) is 4. The van der Waals surface area contributed by atoms with E-state index in [0.29, 0.717) is 0 Å². The standard InChI is InChI=1S/C2H7O4P.H4N2/c1-2-6-7(3,4)5;1-2/h2H2,1H3,(H2,3,4,5);1-2H2. The largest absolute Gasteiger partial charge is 0.469 e. The smallest absolute Gasteiger partial charge is 0.303 e. The molecule has 7 heteroatoms. The van der Waals surface area contributed by atoms with Crippen LogP contribution in [0.1, 0.15) is 6.92 Å². The molecule has 0 saturated carbocycles. The molecule has 0 amide bonds. The monoisotopic (exact) mass is 158 g/mol. The van der Waals surface area contributed by atoms with Gasteiger partial charge in [0.1, 0.15) is 0 Å². The SMILES string of the molecule is CCOP(=O)(O)O.NN. The Morgan fingerprint density at radius 2 is 1.89 bits per heavy atom. The highest BCUT2D eigenvalue weighted by atomic mass is 31.2. The molecule has 0 radical (unpaired) electrons. The van der Waals surface area contributed by atoms with Crippen LogP contribution >= 0.6 is 7.82 Å². The van der Waals surface area contributed by atoms with Crippen LogP contribution in [0.25, 0.3) is 0 Å². The molecule has 0 bridgehead atoms. The van der Waals surface area contributed by atoms with Gasteiger partial charge in [-0.05, 0) is 6.92 Å². The van der Waals surface area contributed by atoms with Crippen molar-refractivity contribution in [1.29, 1.82) is 0 Å². The van der Waals surface area contributed by atoms with Gasteiger partial charge in [0, 0.05) is 0 Å². The maximum Gasteiger partial charge on any atom is 0.469 e. The second-order valence-corrected chi connectivity index (χ2v) is 2.15. The van der Waals surface area contributed by atoms with Crippen LogP contribution in [0.15, 0.2) is 0 Å². The van der Waals surface area contributed by atoms with Crippen molar-refractivity contribution in [3.05, 3.63) is 0 Å². The lowest BCUT2D eigenvalue weighted by Gasteiger charge is -1.98. The van der Waals surface area contributed by atoms with E-state index in [1.807, 2.05) is 0 Å². The molecule has 0 atom stereocenters. The maximum atomic E-state index is 9.70. The fourth-order valence-corrected chi connectivity index (χ4v) is 0.505. The molecule has 0 aromatic rings. The van der Waals surface area contributed by atoms with E-state index < -0.39 is 7.82 Å². The molecule has 0 rings (SSSR count). The summed E-state index contributed by atoms with van der Waals surface area (Å²) in [5.41, 5.74) is 0. The van der Waals surface area contributed by atoms with Crippen molar-refractivity contribution in [1.82, 2.24) is 0 Å². The average molecular weight is 158 g/mol. The fraction of sp³-hybridized carbons (Fsp3) is 1.00. The summed E-state index contributed by atoms with van der Waals surface area (Å²) in [7, 11) is -4.17. The van der Waals surface area contributed by atoms with E-state index in [1.165, 1.54) is 6.92 Å². The quantitative estimate of drug-likeness (QED) is 0.231. The molecule has 0 saturated heterocycles. The number of rotatable bonds is 2. The van der Waals surface area contributed by atoms with Gasteiger partial charge in [-0.1, -0.05) is 0 Å². The summed E-state index contributed by atoms with van der Waals surface area (Å²) in [5, 5.41) is 0. The van der Waals surface area contributed by atoms with Gasteiger partial charge in [-0.15, -0.1) is 0 Å². The zero-order valence-electron chi connectivity index (χ0n) is 5.02. The highest BCUT2D eigenvalue weighted by Gasteiger charge is 2.10. The third kappa shape index (κ3) is 18.0. The summed E-state index contributed by atoms with van der Waals surface area (Å²) < 4.78 is 13.6. The lowest BCUT2D eigenvalue weighted by molar-refractivity contribution is 0.206.